The zero-order valence-electron chi connectivity index (χ0n) is 20.4. The monoisotopic (exact) mass is 486 g/mol. The number of nitrogens with zero attached hydrogens (tertiary/aromatic N) is 4. The number of aromatic nitrogens is 1. The number of aryl methyl sites for hydroxylation is 1. The highest BCUT2D eigenvalue weighted by Gasteiger charge is 2.36. The molecule has 2 aromatic rings. The predicted octanol–water partition coefficient (Wildman–Crippen LogP) is 3.54. The summed E-state index contributed by atoms with van der Waals surface area (Å²) < 4.78 is 30.6. The molecule has 0 saturated carbocycles. The molecule has 0 radical (unpaired) electrons. The molecule has 0 spiro atoms. The van der Waals surface area contributed by atoms with E-state index in [1.165, 1.54) is 36.7 Å². The van der Waals surface area contributed by atoms with Gasteiger partial charge in [0, 0.05) is 55.9 Å². The van der Waals surface area contributed by atoms with Gasteiger partial charge in [-0.1, -0.05) is 6.42 Å². The predicted molar refractivity (Wildman–Crippen MR) is 134 cm³/mol. The lowest BCUT2D eigenvalue weighted by Gasteiger charge is -2.41. The fourth-order valence-electron chi connectivity index (χ4n) is 6.12. The summed E-state index contributed by atoms with van der Waals surface area (Å²) >= 11 is 0. The van der Waals surface area contributed by atoms with Crippen LogP contribution in [0.25, 0.3) is 10.9 Å². The van der Waals surface area contributed by atoms with E-state index >= 15 is 0 Å². The van der Waals surface area contributed by atoms with Gasteiger partial charge in [-0.05, 0) is 82.8 Å². The van der Waals surface area contributed by atoms with Crippen LogP contribution in [0.2, 0.25) is 0 Å². The van der Waals surface area contributed by atoms with E-state index in [0.29, 0.717) is 24.0 Å². The molecule has 1 unspecified atom stereocenters. The third-order valence-corrected chi connectivity index (χ3v) is 10.00. The third-order valence-electron chi connectivity index (χ3n) is 8.14. The molecule has 4 heterocycles. The molecule has 8 heteroatoms. The van der Waals surface area contributed by atoms with E-state index in [2.05, 4.69) is 16.4 Å². The van der Waals surface area contributed by atoms with E-state index in [1.54, 1.807) is 12.1 Å². The summed E-state index contributed by atoms with van der Waals surface area (Å²) in [5, 5.41) is 0.934. The molecule has 1 aromatic heterocycles. The minimum absolute atomic E-state index is 0.146. The van der Waals surface area contributed by atoms with Gasteiger partial charge in [0.1, 0.15) is 0 Å². The number of piperidine rings is 3. The Hall–Kier alpha value is -1.90. The molecule has 3 saturated heterocycles. The Bertz CT molecular complexity index is 1110. The normalized spacial score (nSPS) is 24.0. The fourth-order valence-corrected chi connectivity index (χ4v) is 7.68. The van der Waals surface area contributed by atoms with Gasteiger partial charge in [-0.3, -0.25) is 4.79 Å². The second-order valence-electron chi connectivity index (χ2n) is 10.2. The van der Waals surface area contributed by atoms with E-state index in [4.69, 9.17) is 0 Å². The van der Waals surface area contributed by atoms with Crippen molar-refractivity contribution in [2.75, 3.05) is 39.3 Å². The van der Waals surface area contributed by atoms with Crippen molar-refractivity contribution in [3.05, 3.63) is 30.5 Å². The van der Waals surface area contributed by atoms with Crippen LogP contribution in [0.3, 0.4) is 0 Å². The summed E-state index contributed by atoms with van der Waals surface area (Å²) in [6.45, 7) is 7.69. The van der Waals surface area contributed by atoms with Gasteiger partial charge in [-0.2, -0.15) is 4.31 Å². The summed E-state index contributed by atoms with van der Waals surface area (Å²) in [5.74, 6) is -0.0903. The second kappa shape index (κ2) is 9.99. The highest BCUT2D eigenvalue weighted by atomic mass is 32.2. The van der Waals surface area contributed by atoms with E-state index in [-0.39, 0.29) is 11.8 Å². The van der Waals surface area contributed by atoms with Crippen LogP contribution in [0.5, 0.6) is 0 Å². The fraction of sp³-hybridized carbons (Fsp3) is 0.654. The van der Waals surface area contributed by atoms with Crippen molar-refractivity contribution in [1.29, 1.82) is 0 Å². The summed E-state index contributed by atoms with van der Waals surface area (Å²) in [6, 6.07) is 7.94. The van der Waals surface area contributed by atoms with E-state index in [9.17, 15) is 13.2 Å². The minimum Gasteiger partial charge on any atom is -0.348 e. The summed E-state index contributed by atoms with van der Waals surface area (Å²) in [6.07, 6.45) is 9.50. The molecule has 1 atom stereocenters. The van der Waals surface area contributed by atoms with Crippen LogP contribution in [0.4, 0.5) is 0 Å². The summed E-state index contributed by atoms with van der Waals surface area (Å²) in [4.78, 5) is 18.3. The molecule has 34 heavy (non-hydrogen) atoms. The SMILES string of the molecule is CCn1ccc2cc(S(=O)(=O)N3CCCC(C(=O)N4CCC(N5CCCCC5)CC4)C3)ccc21. The number of carbonyl (C=O) groups is 1. The first kappa shape index (κ1) is 23.8. The number of amides is 1. The zero-order valence-corrected chi connectivity index (χ0v) is 21.2. The number of fused-ring (bicyclic) bond motifs is 1. The van der Waals surface area contributed by atoms with Crippen LogP contribution in [0, 0.1) is 5.92 Å². The van der Waals surface area contributed by atoms with Gasteiger partial charge < -0.3 is 14.4 Å². The number of hydrogen-bond acceptors (Lipinski definition) is 4. The van der Waals surface area contributed by atoms with Crippen molar-refractivity contribution in [2.45, 2.75) is 69.4 Å². The van der Waals surface area contributed by atoms with Crippen LogP contribution in [-0.2, 0) is 21.4 Å². The Balaban J connectivity index is 1.23. The Morgan fingerprint density at radius 3 is 2.44 bits per heavy atom. The third kappa shape index (κ3) is 4.64. The quantitative estimate of drug-likeness (QED) is 0.649. The smallest absolute Gasteiger partial charge is 0.243 e. The lowest BCUT2D eigenvalue weighted by Crippen LogP contribution is -2.51. The van der Waals surface area contributed by atoms with Gasteiger partial charge in [-0.25, -0.2) is 8.42 Å². The molecule has 186 valence electrons. The number of rotatable bonds is 5. The van der Waals surface area contributed by atoms with Crippen molar-refractivity contribution in [3.63, 3.8) is 0 Å². The van der Waals surface area contributed by atoms with Gasteiger partial charge in [-0.15, -0.1) is 0 Å². The van der Waals surface area contributed by atoms with Crippen molar-refractivity contribution < 1.29 is 13.2 Å². The summed E-state index contributed by atoms with van der Waals surface area (Å²) in [7, 11) is -3.62. The molecule has 3 aliphatic rings. The molecule has 3 fully saturated rings. The lowest BCUT2D eigenvalue weighted by molar-refractivity contribution is -0.138. The number of likely N-dealkylation sites (tertiary alicyclic amines) is 2. The minimum atomic E-state index is -3.62. The maximum Gasteiger partial charge on any atom is 0.243 e. The topological polar surface area (TPSA) is 65.9 Å². The van der Waals surface area contributed by atoms with Gasteiger partial charge in [0.15, 0.2) is 0 Å². The average molecular weight is 487 g/mol. The molecule has 1 aromatic carbocycles. The van der Waals surface area contributed by atoms with Crippen LogP contribution >= 0.6 is 0 Å². The largest absolute Gasteiger partial charge is 0.348 e. The standard InChI is InChI=1S/C26H38N4O3S/c1-2-27-16-10-21-19-24(8-9-25(21)27)34(32,33)30-15-6-7-22(20-30)26(31)29-17-11-23(12-18-29)28-13-4-3-5-14-28/h8-10,16,19,22-23H,2-7,11-15,17-18,20H2,1H3. The number of hydrogen-bond donors (Lipinski definition) is 0. The molecular formula is C26H38N4O3S. The van der Waals surface area contributed by atoms with Gasteiger partial charge >= 0.3 is 0 Å². The first-order valence-corrected chi connectivity index (χ1v) is 14.5. The highest BCUT2D eigenvalue weighted by Crippen LogP contribution is 2.29. The van der Waals surface area contributed by atoms with Gasteiger partial charge in [0.25, 0.3) is 0 Å². The number of carbonyl (C=O) groups excluding carboxylic acids is 1. The van der Waals surface area contributed by atoms with Crippen LogP contribution in [-0.4, -0.2) is 78.3 Å². The number of sulfonamides is 1. The maximum atomic E-state index is 13.5. The highest BCUT2D eigenvalue weighted by molar-refractivity contribution is 7.89. The average Bonchev–Trinajstić information content (AvgIpc) is 3.31. The van der Waals surface area contributed by atoms with Crippen molar-refractivity contribution >= 4 is 26.8 Å². The molecular weight excluding hydrogens is 448 g/mol. The Kier molecular flexibility index (Phi) is 7.00. The lowest BCUT2D eigenvalue weighted by atomic mass is 9.95. The second-order valence-corrected chi connectivity index (χ2v) is 12.1. The summed E-state index contributed by atoms with van der Waals surface area (Å²) in [5.41, 5.74) is 1.04. The molecule has 3 aliphatic heterocycles. The molecule has 0 aliphatic carbocycles. The molecule has 0 N–H and O–H groups in total. The zero-order chi connectivity index (χ0) is 23.7. The van der Waals surface area contributed by atoms with E-state index in [1.807, 2.05) is 23.2 Å². The Morgan fingerprint density at radius 1 is 0.941 bits per heavy atom. The van der Waals surface area contributed by atoms with E-state index in [0.717, 1.165) is 56.2 Å². The Labute approximate surface area is 203 Å². The van der Waals surface area contributed by atoms with Crippen molar-refractivity contribution in [1.82, 2.24) is 18.7 Å². The van der Waals surface area contributed by atoms with Gasteiger partial charge in [0.2, 0.25) is 15.9 Å². The molecule has 1 amide bonds. The number of benzene rings is 1. The molecule has 7 nitrogen and oxygen atoms in total. The maximum absolute atomic E-state index is 13.5. The first-order chi connectivity index (χ1) is 16.5. The molecule has 0 bridgehead atoms. The van der Waals surface area contributed by atoms with Gasteiger partial charge in [0.05, 0.1) is 10.8 Å². The first-order valence-electron chi connectivity index (χ1n) is 13.1. The van der Waals surface area contributed by atoms with Crippen LogP contribution < -0.4 is 0 Å². The van der Waals surface area contributed by atoms with Crippen molar-refractivity contribution in [3.8, 4) is 0 Å². The van der Waals surface area contributed by atoms with Crippen LogP contribution in [0.15, 0.2) is 35.4 Å². The van der Waals surface area contributed by atoms with Crippen LogP contribution in [0.1, 0.15) is 51.9 Å². The molecule has 5 rings (SSSR count). The van der Waals surface area contributed by atoms with E-state index < -0.39 is 10.0 Å². The Morgan fingerprint density at radius 2 is 1.71 bits per heavy atom. The van der Waals surface area contributed by atoms with Crippen molar-refractivity contribution in [2.24, 2.45) is 5.92 Å².